The van der Waals surface area contributed by atoms with E-state index >= 15 is 0 Å². The Hall–Kier alpha value is -3.90. The molecule has 1 amide bonds. The molecule has 0 spiro atoms. The van der Waals surface area contributed by atoms with E-state index in [-0.39, 0.29) is 17.6 Å². The minimum absolute atomic E-state index is 0.198. The highest BCUT2D eigenvalue weighted by Crippen LogP contribution is 2.49. The zero-order chi connectivity index (χ0) is 22.1. The molecule has 3 aromatic carbocycles. The van der Waals surface area contributed by atoms with E-state index in [1.54, 1.807) is 30.7 Å². The minimum Gasteiger partial charge on any atom is -0.321 e. The summed E-state index contributed by atoms with van der Waals surface area (Å²) in [5, 5.41) is 6.21. The van der Waals surface area contributed by atoms with Gasteiger partial charge in [0.05, 0.1) is 17.7 Å². The molecular weight excluding hydrogens is 403 g/mol. The van der Waals surface area contributed by atoms with Crippen molar-refractivity contribution in [3.05, 3.63) is 102 Å². The third-order valence-corrected chi connectivity index (χ3v) is 5.97. The van der Waals surface area contributed by atoms with E-state index in [4.69, 9.17) is 5.73 Å². The molecule has 1 aliphatic carbocycles. The molecule has 158 valence electrons. The highest BCUT2D eigenvalue weighted by Gasteiger charge is 2.56. The number of hydrazone groups is 1. The van der Waals surface area contributed by atoms with Crippen molar-refractivity contribution in [3.8, 4) is 11.1 Å². The predicted molar refractivity (Wildman–Crippen MR) is 123 cm³/mol. The summed E-state index contributed by atoms with van der Waals surface area (Å²) in [6, 6.07) is 21.9. The molecule has 1 saturated carbocycles. The van der Waals surface area contributed by atoms with E-state index in [0.717, 1.165) is 33.0 Å². The van der Waals surface area contributed by atoms with Crippen LogP contribution in [-0.2, 0) is 10.3 Å². The maximum atomic E-state index is 13.1. The van der Waals surface area contributed by atoms with Crippen molar-refractivity contribution in [2.75, 3.05) is 0 Å². The number of rotatable bonds is 5. The Morgan fingerprint density at radius 2 is 1.75 bits per heavy atom. The van der Waals surface area contributed by atoms with Gasteiger partial charge in [-0.2, -0.15) is 5.10 Å². The molecule has 0 radical (unpaired) electrons. The van der Waals surface area contributed by atoms with Gasteiger partial charge < -0.3 is 5.73 Å². The lowest BCUT2D eigenvalue weighted by molar-refractivity contribution is -0.122. The number of hydrogen-bond acceptors (Lipinski definition) is 4. The summed E-state index contributed by atoms with van der Waals surface area (Å²) in [6.45, 7) is 0. The second-order valence-corrected chi connectivity index (χ2v) is 8.10. The average Bonchev–Trinajstić information content (AvgIpc) is 3.52. The van der Waals surface area contributed by atoms with Crippen LogP contribution in [0.4, 0.5) is 4.39 Å². The average molecular weight is 424 g/mol. The van der Waals surface area contributed by atoms with Crippen LogP contribution >= 0.6 is 0 Å². The largest absolute Gasteiger partial charge is 0.321 e. The van der Waals surface area contributed by atoms with E-state index in [2.05, 4.69) is 15.5 Å². The molecule has 1 fully saturated rings. The Morgan fingerprint density at radius 1 is 1.03 bits per heavy atom. The summed E-state index contributed by atoms with van der Waals surface area (Å²) < 4.78 is 13.1. The summed E-state index contributed by atoms with van der Waals surface area (Å²) in [6.07, 6.45) is 5.73. The number of fused-ring (bicyclic) bond motifs is 1. The van der Waals surface area contributed by atoms with Gasteiger partial charge in [-0.3, -0.25) is 9.78 Å². The summed E-state index contributed by atoms with van der Waals surface area (Å²) in [5.41, 5.74) is 12.1. The molecule has 4 aromatic rings. The van der Waals surface area contributed by atoms with Crippen molar-refractivity contribution in [1.82, 2.24) is 10.4 Å². The molecule has 0 saturated heterocycles. The lowest BCUT2D eigenvalue weighted by atomic mass is 9.98. The van der Waals surface area contributed by atoms with Crippen LogP contribution in [0.1, 0.15) is 17.5 Å². The zero-order valence-corrected chi connectivity index (χ0v) is 17.2. The number of nitrogens with zero attached hydrogens (tertiary/aromatic N) is 2. The van der Waals surface area contributed by atoms with Crippen LogP contribution in [-0.4, -0.2) is 17.1 Å². The number of nitrogens with one attached hydrogen (secondary N) is 1. The number of nitrogens with two attached hydrogens (primary N) is 1. The molecule has 0 bridgehead atoms. The molecule has 0 aliphatic heterocycles. The number of halogens is 1. The molecule has 5 rings (SSSR count). The van der Waals surface area contributed by atoms with E-state index in [1.165, 1.54) is 12.1 Å². The lowest BCUT2D eigenvalue weighted by Crippen LogP contribution is -2.30. The Bertz CT molecular complexity index is 1320. The van der Waals surface area contributed by atoms with Gasteiger partial charge in [-0.15, -0.1) is 0 Å². The Balaban J connectivity index is 1.23. The fourth-order valence-electron chi connectivity index (χ4n) is 3.97. The summed E-state index contributed by atoms with van der Waals surface area (Å²) in [5.74, 6) is -0.797. The first-order valence-electron chi connectivity index (χ1n) is 10.3. The first-order chi connectivity index (χ1) is 15.5. The van der Waals surface area contributed by atoms with Crippen LogP contribution in [0.2, 0.25) is 0 Å². The smallest absolute Gasteiger partial charge is 0.245 e. The van der Waals surface area contributed by atoms with E-state index in [1.807, 2.05) is 48.5 Å². The van der Waals surface area contributed by atoms with Crippen molar-refractivity contribution >= 4 is 22.9 Å². The van der Waals surface area contributed by atoms with Crippen LogP contribution in [0.3, 0.4) is 0 Å². The monoisotopic (exact) mass is 424 g/mol. The van der Waals surface area contributed by atoms with Crippen LogP contribution in [0.25, 0.3) is 21.9 Å². The molecule has 3 N–H and O–H groups in total. The Morgan fingerprint density at radius 3 is 2.50 bits per heavy atom. The number of hydrogen-bond donors (Lipinski definition) is 2. The second kappa shape index (κ2) is 7.98. The fourth-order valence-corrected chi connectivity index (χ4v) is 3.97. The molecule has 5 nitrogen and oxygen atoms in total. The third kappa shape index (κ3) is 3.88. The molecule has 1 aliphatic rings. The fraction of sp³-hybridized carbons (Fsp3) is 0.115. The van der Waals surface area contributed by atoms with Gasteiger partial charge in [0.1, 0.15) is 5.82 Å². The molecule has 1 heterocycles. The van der Waals surface area contributed by atoms with Crippen molar-refractivity contribution < 1.29 is 9.18 Å². The number of amides is 1. The molecule has 1 aromatic heterocycles. The van der Waals surface area contributed by atoms with E-state index in [0.29, 0.717) is 6.42 Å². The highest BCUT2D eigenvalue weighted by atomic mass is 19.1. The van der Waals surface area contributed by atoms with Gasteiger partial charge in [-0.25, -0.2) is 9.82 Å². The molecule has 2 unspecified atom stereocenters. The maximum Gasteiger partial charge on any atom is 0.245 e. The SMILES string of the molecule is NC1(c2ccc(-c3ccc(F)cc3)cc2)CC1C(=O)N/N=C/c1ccc2cnccc2c1. The minimum atomic E-state index is -0.698. The Kier molecular flexibility index (Phi) is 4.99. The third-order valence-electron chi connectivity index (χ3n) is 5.97. The van der Waals surface area contributed by atoms with Gasteiger partial charge in [0.2, 0.25) is 5.91 Å². The van der Waals surface area contributed by atoms with Gasteiger partial charge in [0.15, 0.2) is 0 Å². The number of pyridine rings is 1. The molecule has 32 heavy (non-hydrogen) atoms. The molecular formula is C26H21FN4O. The van der Waals surface area contributed by atoms with Crippen molar-refractivity contribution in [1.29, 1.82) is 0 Å². The van der Waals surface area contributed by atoms with Gasteiger partial charge in [-0.05, 0) is 58.3 Å². The van der Waals surface area contributed by atoms with Crippen molar-refractivity contribution in [2.24, 2.45) is 16.8 Å². The summed E-state index contributed by atoms with van der Waals surface area (Å²) in [7, 11) is 0. The van der Waals surface area contributed by atoms with Crippen LogP contribution in [0.5, 0.6) is 0 Å². The summed E-state index contributed by atoms with van der Waals surface area (Å²) >= 11 is 0. The van der Waals surface area contributed by atoms with E-state index < -0.39 is 5.54 Å². The quantitative estimate of drug-likeness (QED) is 0.369. The number of carbonyl (C=O) groups excluding carboxylic acids is 1. The van der Waals surface area contributed by atoms with Gasteiger partial charge in [-0.1, -0.05) is 48.5 Å². The lowest BCUT2D eigenvalue weighted by Gasteiger charge is -2.12. The van der Waals surface area contributed by atoms with Gasteiger partial charge in [0.25, 0.3) is 0 Å². The summed E-state index contributed by atoms with van der Waals surface area (Å²) in [4.78, 5) is 16.7. The van der Waals surface area contributed by atoms with Crippen LogP contribution in [0, 0.1) is 11.7 Å². The zero-order valence-electron chi connectivity index (χ0n) is 17.2. The Labute approximate surface area is 184 Å². The normalized spacial score (nSPS) is 19.9. The molecule has 2 atom stereocenters. The topological polar surface area (TPSA) is 80.4 Å². The van der Waals surface area contributed by atoms with Crippen LogP contribution in [0.15, 0.2) is 90.3 Å². The predicted octanol–water partition coefficient (Wildman–Crippen LogP) is 4.37. The number of carbonyl (C=O) groups is 1. The van der Waals surface area contributed by atoms with E-state index in [9.17, 15) is 9.18 Å². The maximum absolute atomic E-state index is 13.1. The van der Waals surface area contributed by atoms with Crippen molar-refractivity contribution in [2.45, 2.75) is 12.0 Å². The van der Waals surface area contributed by atoms with Crippen molar-refractivity contribution in [3.63, 3.8) is 0 Å². The van der Waals surface area contributed by atoms with Crippen LogP contribution < -0.4 is 11.2 Å². The number of benzene rings is 3. The first kappa shape index (κ1) is 20.0. The first-order valence-corrected chi connectivity index (χ1v) is 10.3. The highest BCUT2D eigenvalue weighted by molar-refractivity contribution is 5.91. The molecule has 6 heteroatoms. The van der Waals surface area contributed by atoms with Gasteiger partial charge >= 0.3 is 0 Å². The second-order valence-electron chi connectivity index (χ2n) is 8.10. The number of aromatic nitrogens is 1. The standard InChI is InChI=1S/C26H21FN4O/c27-23-9-5-19(6-10-23)18-3-7-22(8-4-18)26(28)14-24(26)25(32)31-30-15-17-1-2-21-16-29-12-11-20(21)13-17/h1-13,15-16,24H,14,28H2,(H,31,32)/b30-15+. The van der Waals surface area contributed by atoms with Gasteiger partial charge in [0, 0.05) is 17.8 Å².